The largest absolute Gasteiger partial charge is 0.434 e. The molecule has 0 saturated carbocycles. The summed E-state index contributed by atoms with van der Waals surface area (Å²) in [6.45, 7) is -2.13. The van der Waals surface area contributed by atoms with E-state index < -0.39 is 17.9 Å². The Bertz CT molecular complexity index is 988. The zero-order chi connectivity index (χ0) is 21.3. The molecule has 1 fully saturated rings. The van der Waals surface area contributed by atoms with Crippen molar-refractivity contribution in [3.8, 4) is 5.75 Å². The maximum Gasteiger partial charge on any atom is 0.387 e. The SMILES string of the molecule is O=C(NO)c1ccc2c(c1)CC[C@@]1(CCN(Cc3ccccc3OC(F)F)C1=O)C2.S. The Morgan fingerprint density at radius 1 is 1.19 bits per heavy atom. The van der Waals surface area contributed by atoms with Crippen molar-refractivity contribution in [1.82, 2.24) is 10.4 Å². The van der Waals surface area contributed by atoms with Gasteiger partial charge in [-0.25, -0.2) is 5.48 Å². The molecule has 1 saturated heterocycles. The number of aryl methyl sites for hydroxylation is 1. The summed E-state index contributed by atoms with van der Waals surface area (Å²) in [6.07, 6.45) is 2.59. The minimum Gasteiger partial charge on any atom is -0.434 e. The Balaban J connectivity index is 0.00000272. The Hall–Kier alpha value is -2.65. The van der Waals surface area contributed by atoms with Crippen LogP contribution in [0.4, 0.5) is 8.78 Å². The number of para-hydroxylation sites is 1. The highest BCUT2D eigenvalue weighted by molar-refractivity contribution is 7.59. The number of hydrogen-bond acceptors (Lipinski definition) is 4. The number of carbonyl (C=O) groups excluding carboxylic acids is 2. The van der Waals surface area contributed by atoms with Crippen LogP contribution in [0.2, 0.25) is 0 Å². The van der Waals surface area contributed by atoms with E-state index in [2.05, 4.69) is 4.74 Å². The summed E-state index contributed by atoms with van der Waals surface area (Å²) in [7, 11) is 0. The molecule has 2 aromatic rings. The number of amides is 2. The average molecular weight is 451 g/mol. The molecule has 2 aliphatic rings. The highest BCUT2D eigenvalue weighted by Gasteiger charge is 2.48. The number of nitrogens with one attached hydrogen (secondary N) is 1. The van der Waals surface area contributed by atoms with E-state index in [1.807, 2.05) is 6.07 Å². The van der Waals surface area contributed by atoms with Gasteiger partial charge in [-0.2, -0.15) is 22.3 Å². The Morgan fingerprint density at radius 3 is 2.71 bits per heavy atom. The molecular formula is C22H24F2N2O4S. The molecule has 1 aliphatic carbocycles. The number of nitrogens with zero attached hydrogens (tertiary/aromatic N) is 1. The van der Waals surface area contributed by atoms with E-state index >= 15 is 0 Å². The number of fused-ring (bicyclic) bond motifs is 1. The van der Waals surface area contributed by atoms with Crippen molar-refractivity contribution in [2.24, 2.45) is 5.41 Å². The molecule has 1 spiro atoms. The number of alkyl halides is 2. The molecule has 9 heteroatoms. The molecule has 166 valence electrons. The van der Waals surface area contributed by atoms with Crippen LogP contribution in [0.1, 0.15) is 39.9 Å². The van der Waals surface area contributed by atoms with Crippen molar-refractivity contribution in [2.45, 2.75) is 38.8 Å². The van der Waals surface area contributed by atoms with Crippen LogP contribution >= 0.6 is 13.5 Å². The van der Waals surface area contributed by atoms with Gasteiger partial charge in [0.05, 0.1) is 5.41 Å². The number of likely N-dealkylation sites (tertiary alicyclic amines) is 1. The van der Waals surface area contributed by atoms with Gasteiger partial charge in [0, 0.05) is 24.2 Å². The van der Waals surface area contributed by atoms with E-state index in [-0.39, 0.29) is 31.7 Å². The maximum atomic E-state index is 13.3. The van der Waals surface area contributed by atoms with Gasteiger partial charge in [-0.1, -0.05) is 24.3 Å². The number of hydrogen-bond donors (Lipinski definition) is 2. The lowest BCUT2D eigenvalue weighted by atomic mass is 9.70. The van der Waals surface area contributed by atoms with E-state index in [0.717, 1.165) is 11.1 Å². The van der Waals surface area contributed by atoms with Crippen molar-refractivity contribution < 1.29 is 28.3 Å². The summed E-state index contributed by atoms with van der Waals surface area (Å²) in [4.78, 5) is 26.6. The molecule has 2 aromatic carbocycles. The number of benzene rings is 2. The van der Waals surface area contributed by atoms with Crippen LogP contribution in [-0.4, -0.2) is 35.1 Å². The van der Waals surface area contributed by atoms with Gasteiger partial charge in [0.2, 0.25) is 5.91 Å². The van der Waals surface area contributed by atoms with Gasteiger partial charge >= 0.3 is 6.61 Å². The van der Waals surface area contributed by atoms with Crippen LogP contribution in [-0.2, 0) is 24.2 Å². The Morgan fingerprint density at radius 2 is 1.97 bits per heavy atom. The second kappa shape index (κ2) is 9.23. The number of ether oxygens (including phenoxy) is 1. The lowest BCUT2D eigenvalue weighted by Gasteiger charge is -2.33. The Labute approximate surface area is 185 Å². The van der Waals surface area contributed by atoms with Gasteiger partial charge in [-0.05, 0) is 55.0 Å². The van der Waals surface area contributed by atoms with Crippen molar-refractivity contribution in [3.05, 3.63) is 64.7 Å². The van der Waals surface area contributed by atoms with Crippen molar-refractivity contribution in [3.63, 3.8) is 0 Å². The maximum absolute atomic E-state index is 13.3. The molecule has 1 aliphatic heterocycles. The summed E-state index contributed by atoms with van der Waals surface area (Å²) >= 11 is 0. The molecular weight excluding hydrogens is 426 g/mol. The van der Waals surface area contributed by atoms with E-state index in [4.69, 9.17) is 5.21 Å². The summed E-state index contributed by atoms with van der Waals surface area (Å²) < 4.78 is 29.9. The van der Waals surface area contributed by atoms with Gasteiger partial charge in [0.25, 0.3) is 5.91 Å². The minimum absolute atomic E-state index is 0. The lowest BCUT2D eigenvalue weighted by molar-refractivity contribution is -0.137. The number of halogens is 2. The predicted octanol–water partition coefficient (Wildman–Crippen LogP) is 3.43. The molecule has 0 unspecified atom stereocenters. The van der Waals surface area contributed by atoms with Crippen LogP contribution in [0.3, 0.4) is 0 Å². The Kier molecular flexibility index (Phi) is 6.86. The van der Waals surface area contributed by atoms with E-state index in [1.54, 1.807) is 40.7 Å². The second-order valence-electron chi connectivity index (χ2n) is 7.84. The van der Waals surface area contributed by atoms with E-state index in [9.17, 15) is 18.4 Å². The van der Waals surface area contributed by atoms with Crippen LogP contribution in [0.5, 0.6) is 5.75 Å². The highest BCUT2D eigenvalue weighted by atomic mass is 32.1. The first-order valence-electron chi connectivity index (χ1n) is 9.80. The molecule has 4 rings (SSSR count). The van der Waals surface area contributed by atoms with E-state index in [1.165, 1.54) is 6.07 Å². The van der Waals surface area contributed by atoms with Crippen LogP contribution in [0, 0.1) is 5.41 Å². The van der Waals surface area contributed by atoms with Crippen LogP contribution < -0.4 is 10.2 Å². The molecule has 0 radical (unpaired) electrons. The molecule has 1 atom stereocenters. The topological polar surface area (TPSA) is 78.9 Å². The molecule has 31 heavy (non-hydrogen) atoms. The van der Waals surface area contributed by atoms with Gasteiger partial charge in [0.1, 0.15) is 5.75 Å². The molecule has 1 heterocycles. The molecule has 2 N–H and O–H groups in total. The summed E-state index contributed by atoms with van der Waals surface area (Å²) in [6, 6.07) is 11.8. The van der Waals surface area contributed by atoms with Crippen LogP contribution in [0.25, 0.3) is 0 Å². The van der Waals surface area contributed by atoms with Crippen molar-refractivity contribution in [2.75, 3.05) is 6.54 Å². The smallest absolute Gasteiger partial charge is 0.387 e. The van der Waals surface area contributed by atoms with Gasteiger partial charge in [0.15, 0.2) is 0 Å². The molecule has 0 bridgehead atoms. The normalized spacial score (nSPS) is 19.9. The van der Waals surface area contributed by atoms with Gasteiger partial charge < -0.3 is 9.64 Å². The second-order valence-corrected chi connectivity index (χ2v) is 7.84. The molecule has 0 aromatic heterocycles. The number of rotatable bonds is 5. The first-order chi connectivity index (χ1) is 14.4. The zero-order valence-corrected chi connectivity index (χ0v) is 17.7. The predicted molar refractivity (Wildman–Crippen MR) is 114 cm³/mol. The third kappa shape index (κ3) is 4.52. The fraction of sp³-hybridized carbons (Fsp3) is 0.364. The molecule has 6 nitrogen and oxygen atoms in total. The average Bonchev–Trinajstić information content (AvgIpc) is 3.03. The first-order valence-corrected chi connectivity index (χ1v) is 9.80. The quantitative estimate of drug-likeness (QED) is 0.541. The van der Waals surface area contributed by atoms with E-state index in [0.29, 0.717) is 43.4 Å². The number of hydroxylamine groups is 1. The van der Waals surface area contributed by atoms with Gasteiger partial charge in [-0.3, -0.25) is 14.8 Å². The first kappa shape index (κ1) is 23.0. The van der Waals surface area contributed by atoms with Gasteiger partial charge in [-0.15, -0.1) is 0 Å². The van der Waals surface area contributed by atoms with Crippen molar-refractivity contribution >= 4 is 25.3 Å². The monoisotopic (exact) mass is 450 g/mol. The zero-order valence-electron chi connectivity index (χ0n) is 16.7. The summed E-state index contributed by atoms with van der Waals surface area (Å²) in [5.41, 5.74) is 4.08. The van der Waals surface area contributed by atoms with Crippen LogP contribution in [0.15, 0.2) is 42.5 Å². The third-order valence-electron chi connectivity index (χ3n) is 6.12. The highest BCUT2D eigenvalue weighted by Crippen LogP contribution is 2.44. The fourth-order valence-electron chi connectivity index (χ4n) is 4.55. The summed E-state index contributed by atoms with van der Waals surface area (Å²) in [5, 5.41) is 8.81. The summed E-state index contributed by atoms with van der Waals surface area (Å²) in [5.74, 6) is -0.451. The minimum atomic E-state index is -2.92. The van der Waals surface area contributed by atoms with Crippen molar-refractivity contribution in [1.29, 1.82) is 0 Å². The standard InChI is InChI=1S/C22H22F2N2O4.H2S/c23-21(24)30-18-4-2-1-3-17(18)13-26-10-9-22(20(26)28)8-7-14-11-15(19(27)25-29)5-6-16(14)12-22;/h1-6,11,21,29H,7-10,12-13H2,(H,25,27);1H2/t22-;/m1./s1. The number of carbonyl (C=O) groups is 2. The molecule has 2 amide bonds. The lowest BCUT2D eigenvalue weighted by Crippen LogP contribution is -2.38. The fourth-order valence-corrected chi connectivity index (χ4v) is 4.55. The third-order valence-corrected chi connectivity index (χ3v) is 6.12.